The van der Waals surface area contributed by atoms with Crippen molar-refractivity contribution in [2.45, 2.75) is 52.0 Å². The standard InChI is InChI=1S/C27H37N3O2S/c1-19(2)18-30-25(23-10-6-17-33-23)24(21-8-4-5-9-22(21)27(30)32)26(31)28-13-7-14-29-15-11-20(3)12-16-29/h4-6,8-10,17,19-20,24-25H,7,11-16,18H2,1-3H3,(H,28,31)/t24-,25-/m1/s1. The third kappa shape index (κ3) is 5.49. The maximum Gasteiger partial charge on any atom is 0.254 e. The second-order valence-electron chi connectivity index (χ2n) is 10.0. The van der Waals surface area contributed by atoms with Crippen molar-refractivity contribution < 1.29 is 9.59 Å². The molecule has 1 aromatic heterocycles. The average Bonchev–Trinajstić information content (AvgIpc) is 3.33. The first-order valence-electron chi connectivity index (χ1n) is 12.4. The lowest BCUT2D eigenvalue weighted by atomic mass is 9.81. The molecule has 5 nitrogen and oxygen atoms in total. The summed E-state index contributed by atoms with van der Waals surface area (Å²) in [4.78, 5) is 32.6. The van der Waals surface area contributed by atoms with E-state index in [1.807, 2.05) is 40.6 Å². The fourth-order valence-electron chi connectivity index (χ4n) is 5.16. The first-order valence-corrected chi connectivity index (χ1v) is 13.3. The molecular formula is C27H37N3O2S. The number of piperidine rings is 1. The summed E-state index contributed by atoms with van der Waals surface area (Å²) in [6.07, 6.45) is 3.49. The average molecular weight is 468 g/mol. The molecule has 2 atom stereocenters. The van der Waals surface area contributed by atoms with Crippen LogP contribution in [0.4, 0.5) is 0 Å². The minimum absolute atomic E-state index is 0.0226. The topological polar surface area (TPSA) is 52.7 Å². The Morgan fingerprint density at radius 1 is 1.15 bits per heavy atom. The van der Waals surface area contributed by atoms with Crippen LogP contribution in [0, 0.1) is 11.8 Å². The van der Waals surface area contributed by atoms with Crippen molar-refractivity contribution in [3.8, 4) is 0 Å². The number of benzene rings is 1. The van der Waals surface area contributed by atoms with Crippen molar-refractivity contribution in [2.24, 2.45) is 11.8 Å². The lowest BCUT2D eigenvalue weighted by Crippen LogP contribution is -2.48. The van der Waals surface area contributed by atoms with Gasteiger partial charge in [-0.1, -0.05) is 45.0 Å². The minimum Gasteiger partial charge on any atom is -0.355 e. The van der Waals surface area contributed by atoms with Crippen LogP contribution in [0.5, 0.6) is 0 Å². The summed E-state index contributed by atoms with van der Waals surface area (Å²) in [5, 5.41) is 5.25. The predicted octanol–water partition coefficient (Wildman–Crippen LogP) is 4.92. The van der Waals surface area contributed by atoms with Gasteiger partial charge in [0.25, 0.3) is 5.91 Å². The van der Waals surface area contributed by atoms with E-state index in [0.717, 1.165) is 42.4 Å². The molecule has 0 bridgehead atoms. The Labute approximate surface area is 202 Å². The van der Waals surface area contributed by atoms with Crippen LogP contribution in [0.1, 0.15) is 72.8 Å². The molecular weight excluding hydrogens is 430 g/mol. The summed E-state index contributed by atoms with van der Waals surface area (Å²) in [6.45, 7) is 11.2. The van der Waals surface area contributed by atoms with E-state index in [9.17, 15) is 9.59 Å². The van der Waals surface area contributed by atoms with E-state index in [4.69, 9.17) is 0 Å². The molecule has 178 valence electrons. The lowest BCUT2D eigenvalue weighted by Gasteiger charge is -2.42. The molecule has 1 aromatic carbocycles. The molecule has 1 fully saturated rings. The number of nitrogens with one attached hydrogen (secondary N) is 1. The van der Waals surface area contributed by atoms with Gasteiger partial charge in [-0.25, -0.2) is 0 Å². The normalized spacial score (nSPS) is 21.9. The highest BCUT2D eigenvalue weighted by molar-refractivity contribution is 7.10. The summed E-state index contributed by atoms with van der Waals surface area (Å²) >= 11 is 1.62. The van der Waals surface area contributed by atoms with Gasteiger partial charge >= 0.3 is 0 Å². The van der Waals surface area contributed by atoms with Crippen molar-refractivity contribution in [1.82, 2.24) is 15.1 Å². The first-order chi connectivity index (χ1) is 16.0. The number of hydrogen-bond donors (Lipinski definition) is 1. The molecule has 1 N–H and O–H groups in total. The fraction of sp³-hybridized carbons (Fsp3) is 0.556. The molecule has 0 spiro atoms. The Morgan fingerprint density at radius 3 is 2.61 bits per heavy atom. The van der Waals surface area contributed by atoms with Crippen molar-refractivity contribution in [3.05, 3.63) is 57.8 Å². The van der Waals surface area contributed by atoms with Gasteiger partial charge in [0.05, 0.1) is 12.0 Å². The summed E-state index contributed by atoms with van der Waals surface area (Å²) in [7, 11) is 0. The van der Waals surface area contributed by atoms with Gasteiger partial charge in [-0.2, -0.15) is 0 Å². The third-order valence-electron chi connectivity index (χ3n) is 6.94. The van der Waals surface area contributed by atoms with E-state index < -0.39 is 5.92 Å². The number of fused-ring (bicyclic) bond motifs is 1. The van der Waals surface area contributed by atoms with Gasteiger partial charge in [0.2, 0.25) is 5.91 Å². The number of rotatable bonds is 8. The van der Waals surface area contributed by atoms with E-state index in [2.05, 4.69) is 37.1 Å². The maximum atomic E-state index is 13.6. The van der Waals surface area contributed by atoms with E-state index >= 15 is 0 Å². The summed E-state index contributed by atoms with van der Waals surface area (Å²) in [5.41, 5.74) is 1.51. The second-order valence-corrected chi connectivity index (χ2v) is 11.0. The number of likely N-dealkylation sites (tertiary alicyclic amines) is 1. The number of carbonyl (C=O) groups is 2. The van der Waals surface area contributed by atoms with Gasteiger partial charge in [-0.15, -0.1) is 11.3 Å². The maximum absolute atomic E-state index is 13.6. The van der Waals surface area contributed by atoms with Gasteiger partial charge in [-0.05, 0) is 73.8 Å². The smallest absolute Gasteiger partial charge is 0.254 e. The first kappa shape index (κ1) is 24.0. The van der Waals surface area contributed by atoms with Gasteiger partial charge in [-0.3, -0.25) is 9.59 Å². The molecule has 0 unspecified atom stereocenters. The molecule has 4 rings (SSSR count). The zero-order valence-electron chi connectivity index (χ0n) is 20.1. The Kier molecular flexibility index (Phi) is 7.86. The van der Waals surface area contributed by atoms with Crippen molar-refractivity contribution >= 4 is 23.2 Å². The number of thiophene rings is 1. The molecule has 6 heteroatoms. The Hall–Kier alpha value is -2.18. The highest BCUT2D eigenvalue weighted by Crippen LogP contribution is 2.44. The monoisotopic (exact) mass is 467 g/mol. The van der Waals surface area contributed by atoms with Crippen molar-refractivity contribution in [1.29, 1.82) is 0 Å². The molecule has 0 saturated carbocycles. The Balaban J connectivity index is 1.52. The van der Waals surface area contributed by atoms with Crippen LogP contribution in [-0.2, 0) is 4.79 Å². The number of nitrogens with zero attached hydrogens (tertiary/aromatic N) is 2. The minimum atomic E-state index is -0.396. The molecule has 3 heterocycles. The zero-order chi connectivity index (χ0) is 23.4. The van der Waals surface area contributed by atoms with Crippen molar-refractivity contribution in [2.75, 3.05) is 32.7 Å². The van der Waals surface area contributed by atoms with Crippen LogP contribution in [0.25, 0.3) is 0 Å². The van der Waals surface area contributed by atoms with E-state index in [1.54, 1.807) is 11.3 Å². The molecule has 0 aliphatic carbocycles. The largest absolute Gasteiger partial charge is 0.355 e. The van der Waals surface area contributed by atoms with Crippen LogP contribution in [0.3, 0.4) is 0 Å². The SMILES string of the molecule is CC(C)CN1C(=O)c2ccccc2[C@@H](C(=O)NCCCN2CCC(C)CC2)[C@H]1c1cccs1. The Bertz CT molecular complexity index is 935. The number of amides is 2. The molecule has 1 saturated heterocycles. The second kappa shape index (κ2) is 10.8. The molecule has 33 heavy (non-hydrogen) atoms. The summed E-state index contributed by atoms with van der Waals surface area (Å²) < 4.78 is 0. The fourth-order valence-corrected chi connectivity index (χ4v) is 6.03. The zero-order valence-corrected chi connectivity index (χ0v) is 20.9. The molecule has 2 aliphatic rings. The lowest BCUT2D eigenvalue weighted by molar-refractivity contribution is -0.124. The third-order valence-corrected chi connectivity index (χ3v) is 7.89. The van der Waals surface area contributed by atoms with Gasteiger partial charge < -0.3 is 15.1 Å². The van der Waals surface area contributed by atoms with Crippen LogP contribution >= 0.6 is 11.3 Å². The van der Waals surface area contributed by atoms with Crippen LogP contribution in [0.15, 0.2) is 41.8 Å². The number of carbonyl (C=O) groups excluding carboxylic acids is 2. The van der Waals surface area contributed by atoms with E-state index in [0.29, 0.717) is 24.6 Å². The molecule has 2 aromatic rings. The Morgan fingerprint density at radius 2 is 1.91 bits per heavy atom. The van der Waals surface area contributed by atoms with E-state index in [1.165, 1.54) is 12.8 Å². The number of hydrogen-bond acceptors (Lipinski definition) is 4. The summed E-state index contributed by atoms with van der Waals surface area (Å²) in [5.74, 6) is 0.804. The summed E-state index contributed by atoms with van der Waals surface area (Å²) in [6, 6.07) is 11.5. The highest BCUT2D eigenvalue weighted by Gasteiger charge is 2.44. The van der Waals surface area contributed by atoms with Crippen LogP contribution < -0.4 is 5.32 Å². The van der Waals surface area contributed by atoms with E-state index in [-0.39, 0.29) is 17.9 Å². The molecule has 0 radical (unpaired) electrons. The van der Waals surface area contributed by atoms with Crippen LogP contribution in [0.2, 0.25) is 0 Å². The van der Waals surface area contributed by atoms with Gasteiger partial charge in [0.1, 0.15) is 0 Å². The molecule has 2 aliphatic heterocycles. The molecule has 2 amide bonds. The highest BCUT2D eigenvalue weighted by atomic mass is 32.1. The van der Waals surface area contributed by atoms with Gasteiger partial charge in [0, 0.05) is 23.5 Å². The quantitative estimate of drug-likeness (QED) is 0.561. The van der Waals surface area contributed by atoms with Crippen molar-refractivity contribution in [3.63, 3.8) is 0 Å². The predicted molar refractivity (Wildman–Crippen MR) is 135 cm³/mol. The van der Waals surface area contributed by atoms with Crippen LogP contribution in [-0.4, -0.2) is 54.3 Å². The van der Waals surface area contributed by atoms with Gasteiger partial charge in [0.15, 0.2) is 0 Å².